The summed E-state index contributed by atoms with van der Waals surface area (Å²) in [6.07, 6.45) is 4.51. The van der Waals surface area contributed by atoms with Crippen molar-refractivity contribution in [3.63, 3.8) is 0 Å². The van der Waals surface area contributed by atoms with Gasteiger partial charge in [0.25, 0.3) is 0 Å². The maximum absolute atomic E-state index is 13.0. The molecule has 6 nitrogen and oxygen atoms in total. The van der Waals surface area contributed by atoms with E-state index in [0.717, 1.165) is 30.8 Å². The van der Waals surface area contributed by atoms with Crippen LogP contribution in [0.3, 0.4) is 0 Å². The molecule has 0 radical (unpaired) electrons. The summed E-state index contributed by atoms with van der Waals surface area (Å²) in [6.45, 7) is 2.59. The zero-order valence-corrected chi connectivity index (χ0v) is 13.3. The van der Waals surface area contributed by atoms with E-state index in [9.17, 15) is 8.42 Å². The molecule has 1 aromatic heterocycles. The average molecular weight is 329 g/mol. The van der Waals surface area contributed by atoms with Gasteiger partial charge in [0.15, 0.2) is 0 Å². The molecule has 8 heteroatoms. The van der Waals surface area contributed by atoms with Crippen LogP contribution in [0.5, 0.6) is 0 Å². The Kier molecular flexibility index (Phi) is 3.34. The number of hydrogen-bond donors (Lipinski definition) is 2. The van der Waals surface area contributed by atoms with Gasteiger partial charge in [0.05, 0.1) is 17.8 Å². The lowest BCUT2D eigenvalue weighted by molar-refractivity contribution is -0.0585. The molecule has 116 valence electrons. The fraction of sp³-hybridized carbons (Fsp3) is 0.769. The lowest BCUT2D eigenvalue weighted by Gasteiger charge is -2.37. The van der Waals surface area contributed by atoms with Crippen molar-refractivity contribution in [2.45, 2.75) is 40.4 Å². The second kappa shape index (κ2) is 4.99. The Labute approximate surface area is 128 Å². The van der Waals surface area contributed by atoms with E-state index in [1.807, 2.05) is 0 Å². The Morgan fingerprint density at radius 2 is 2.24 bits per heavy atom. The van der Waals surface area contributed by atoms with Gasteiger partial charge < -0.3 is 10.1 Å². The highest BCUT2D eigenvalue weighted by molar-refractivity contribution is 7.94. The molecule has 0 bridgehead atoms. The van der Waals surface area contributed by atoms with Gasteiger partial charge in [-0.1, -0.05) is 0 Å². The van der Waals surface area contributed by atoms with Gasteiger partial charge in [-0.25, -0.2) is 13.4 Å². The van der Waals surface area contributed by atoms with E-state index in [1.54, 1.807) is 0 Å². The third-order valence-electron chi connectivity index (χ3n) is 4.47. The Morgan fingerprint density at radius 3 is 2.95 bits per heavy atom. The minimum absolute atomic E-state index is 0.373. The van der Waals surface area contributed by atoms with Gasteiger partial charge in [0.1, 0.15) is 15.2 Å². The van der Waals surface area contributed by atoms with Crippen molar-refractivity contribution in [3.8, 4) is 0 Å². The lowest BCUT2D eigenvalue weighted by atomic mass is 10.0. The number of sulfone groups is 1. The van der Waals surface area contributed by atoms with E-state index in [-0.39, 0.29) is 0 Å². The normalized spacial score (nSPS) is 33.6. The van der Waals surface area contributed by atoms with Crippen LogP contribution in [0.1, 0.15) is 30.2 Å². The van der Waals surface area contributed by atoms with Gasteiger partial charge in [-0.05, 0) is 25.8 Å². The fourth-order valence-electron chi connectivity index (χ4n) is 3.17. The first kappa shape index (κ1) is 14.1. The first-order valence-electron chi connectivity index (χ1n) is 7.39. The molecule has 2 unspecified atom stereocenters. The topological polar surface area (TPSA) is 80.3 Å². The molecule has 1 saturated carbocycles. The summed E-state index contributed by atoms with van der Waals surface area (Å²) in [7, 11) is -3.45. The Hall–Kier alpha value is -0.540. The first-order chi connectivity index (χ1) is 10.1. The molecule has 2 aliphatic heterocycles. The van der Waals surface area contributed by atoms with Gasteiger partial charge >= 0.3 is 0 Å². The van der Waals surface area contributed by atoms with Gasteiger partial charge in [-0.15, -0.1) is 11.3 Å². The molecule has 3 fully saturated rings. The van der Waals surface area contributed by atoms with Gasteiger partial charge in [0.2, 0.25) is 9.84 Å². The predicted molar refractivity (Wildman–Crippen MR) is 79.2 cm³/mol. The summed E-state index contributed by atoms with van der Waals surface area (Å²) in [6, 6.07) is 0. The third-order valence-corrected chi connectivity index (χ3v) is 8.25. The maximum Gasteiger partial charge on any atom is 0.208 e. The minimum atomic E-state index is -3.45. The zero-order chi connectivity index (χ0) is 14.5. The number of nitrogens with zero attached hydrogens (tertiary/aromatic N) is 1. The Bertz CT molecular complexity index is 633. The van der Waals surface area contributed by atoms with E-state index >= 15 is 0 Å². The van der Waals surface area contributed by atoms with Crippen molar-refractivity contribution in [1.29, 1.82) is 0 Å². The number of ether oxygens (including phenoxy) is 1. The molecule has 2 atom stereocenters. The highest BCUT2D eigenvalue weighted by atomic mass is 32.2. The van der Waals surface area contributed by atoms with Crippen molar-refractivity contribution in [3.05, 3.63) is 11.2 Å². The Balaban J connectivity index is 1.65. The summed E-state index contributed by atoms with van der Waals surface area (Å²) in [5, 5.41) is 6.68. The van der Waals surface area contributed by atoms with Crippen LogP contribution in [0.4, 0.5) is 0 Å². The van der Waals surface area contributed by atoms with E-state index in [1.165, 1.54) is 17.5 Å². The van der Waals surface area contributed by atoms with Crippen molar-refractivity contribution in [2.24, 2.45) is 0 Å². The number of thiazole rings is 1. The number of rotatable bonds is 3. The van der Waals surface area contributed by atoms with Crippen molar-refractivity contribution in [1.82, 2.24) is 15.6 Å². The SMILES string of the molecule is O=S(=O)(c1cnc(C2CC2)s1)C1NCCC12CNCCO2. The van der Waals surface area contributed by atoms with Crippen LogP contribution in [0.25, 0.3) is 0 Å². The second-order valence-corrected chi connectivity index (χ2v) is 9.33. The van der Waals surface area contributed by atoms with Gasteiger partial charge in [-0.3, -0.25) is 5.32 Å². The van der Waals surface area contributed by atoms with Crippen LogP contribution in [-0.4, -0.2) is 50.6 Å². The Morgan fingerprint density at radius 1 is 1.38 bits per heavy atom. The molecule has 2 N–H and O–H groups in total. The smallest absolute Gasteiger partial charge is 0.208 e. The summed E-state index contributed by atoms with van der Waals surface area (Å²) >= 11 is 1.33. The highest BCUT2D eigenvalue weighted by Crippen LogP contribution is 2.43. The molecule has 0 amide bonds. The minimum Gasteiger partial charge on any atom is -0.370 e. The average Bonchev–Trinajstić information content (AvgIpc) is 3.06. The highest BCUT2D eigenvalue weighted by Gasteiger charge is 2.52. The monoisotopic (exact) mass is 329 g/mol. The molecule has 3 aliphatic rings. The molecule has 1 aliphatic carbocycles. The largest absolute Gasteiger partial charge is 0.370 e. The van der Waals surface area contributed by atoms with Crippen LogP contribution < -0.4 is 10.6 Å². The number of aromatic nitrogens is 1. The van der Waals surface area contributed by atoms with Crippen LogP contribution in [0.2, 0.25) is 0 Å². The number of hydrogen-bond acceptors (Lipinski definition) is 7. The van der Waals surface area contributed by atoms with Gasteiger partial charge in [0, 0.05) is 19.0 Å². The standard InChI is InChI=1S/C13H19N3O3S2/c17-21(18,10-7-16-11(20-10)9-1-2-9)12-13(3-4-15-12)8-14-5-6-19-13/h7,9,12,14-15H,1-6,8H2. The molecule has 2 saturated heterocycles. The zero-order valence-electron chi connectivity index (χ0n) is 11.7. The summed E-state index contributed by atoms with van der Waals surface area (Å²) in [4.78, 5) is 4.30. The van der Waals surface area contributed by atoms with Crippen molar-refractivity contribution in [2.75, 3.05) is 26.2 Å². The van der Waals surface area contributed by atoms with Crippen LogP contribution in [0.15, 0.2) is 10.4 Å². The number of morpholine rings is 1. The summed E-state index contributed by atoms with van der Waals surface area (Å²) in [5.41, 5.74) is -0.638. The number of nitrogens with one attached hydrogen (secondary N) is 2. The quantitative estimate of drug-likeness (QED) is 0.839. The van der Waals surface area contributed by atoms with Crippen LogP contribution in [0, 0.1) is 0 Å². The predicted octanol–water partition coefficient (Wildman–Crippen LogP) is 0.472. The van der Waals surface area contributed by atoms with Crippen LogP contribution in [-0.2, 0) is 14.6 Å². The third kappa shape index (κ3) is 2.33. The first-order valence-corrected chi connectivity index (χ1v) is 9.76. The maximum atomic E-state index is 13.0. The van der Waals surface area contributed by atoms with E-state index < -0.39 is 20.8 Å². The lowest BCUT2D eigenvalue weighted by Crippen LogP contribution is -2.58. The van der Waals surface area contributed by atoms with E-state index in [0.29, 0.717) is 29.8 Å². The van der Waals surface area contributed by atoms with Gasteiger partial charge in [-0.2, -0.15) is 0 Å². The molecule has 1 spiro atoms. The summed E-state index contributed by atoms with van der Waals surface area (Å²) in [5.74, 6) is 0.483. The van der Waals surface area contributed by atoms with E-state index in [2.05, 4.69) is 15.6 Å². The second-order valence-electron chi connectivity index (χ2n) is 6.01. The molecule has 4 rings (SSSR count). The molecule has 21 heavy (non-hydrogen) atoms. The molecule has 1 aromatic rings. The van der Waals surface area contributed by atoms with Crippen LogP contribution >= 0.6 is 11.3 Å². The molecule has 0 aromatic carbocycles. The molecular weight excluding hydrogens is 310 g/mol. The summed E-state index contributed by atoms with van der Waals surface area (Å²) < 4.78 is 32.2. The van der Waals surface area contributed by atoms with Crippen molar-refractivity contribution >= 4 is 21.2 Å². The molecular formula is C13H19N3O3S2. The molecule has 3 heterocycles. The van der Waals surface area contributed by atoms with Crippen molar-refractivity contribution < 1.29 is 13.2 Å². The fourth-order valence-corrected chi connectivity index (χ4v) is 6.60. The van der Waals surface area contributed by atoms with E-state index in [4.69, 9.17) is 4.74 Å².